The molecule has 11 heteroatoms. The Morgan fingerprint density at radius 3 is 2.48 bits per heavy atom. The highest BCUT2D eigenvalue weighted by Crippen LogP contribution is 2.29. The molecule has 3 N–H and O–H groups in total. The van der Waals surface area contributed by atoms with Gasteiger partial charge in [0.25, 0.3) is 0 Å². The summed E-state index contributed by atoms with van der Waals surface area (Å²) >= 11 is 6.29. The molecule has 0 aliphatic carbocycles. The van der Waals surface area contributed by atoms with Gasteiger partial charge in [0.2, 0.25) is 10.0 Å². The quantitative estimate of drug-likeness (QED) is 0.401. The van der Waals surface area contributed by atoms with Crippen LogP contribution in [0, 0.1) is 0 Å². The second-order valence-electron chi connectivity index (χ2n) is 7.44. The molecule has 170 valence electrons. The van der Waals surface area contributed by atoms with E-state index in [1.165, 1.54) is 12.1 Å². The SMILES string of the molecule is CC(C)OCc1nc(Nc2ccc(S(N)(=O)=O)cc2)c2ccc(-c3ncccc3Cl)nc2n1. The number of anilines is 2. The number of halogens is 1. The number of nitrogens with zero attached hydrogens (tertiary/aromatic N) is 4. The molecule has 0 spiro atoms. The van der Waals surface area contributed by atoms with E-state index < -0.39 is 10.0 Å². The Labute approximate surface area is 196 Å². The van der Waals surface area contributed by atoms with Crippen molar-refractivity contribution in [2.45, 2.75) is 31.5 Å². The molecule has 0 saturated heterocycles. The Morgan fingerprint density at radius 1 is 1.06 bits per heavy atom. The third kappa shape index (κ3) is 5.42. The van der Waals surface area contributed by atoms with Crippen LogP contribution < -0.4 is 10.5 Å². The maximum absolute atomic E-state index is 11.5. The topological polar surface area (TPSA) is 133 Å². The predicted octanol–water partition coefficient (Wildman–Crippen LogP) is 4.06. The van der Waals surface area contributed by atoms with Gasteiger partial charge < -0.3 is 10.1 Å². The summed E-state index contributed by atoms with van der Waals surface area (Å²) in [5.74, 6) is 0.938. The van der Waals surface area contributed by atoms with E-state index in [4.69, 9.17) is 21.5 Å². The zero-order valence-corrected chi connectivity index (χ0v) is 19.4. The number of sulfonamides is 1. The first-order chi connectivity index (χ1) is 15.7. The van der Waals surface area contributed by atoms with Crippen LogP contribution in [-0.2, 0) is 21.4 Å². The lowest BCUT2D eigenvalue weighted by atomic mass is 10.2. The lowest BCUT2D eigenvalue weighted by Gasteiger charge is -2.13. The molecule has 33 heavy (non-hydrogen) atoms. The first-order valence-corrected chi connectivity index (χ1v) is 11.9. The minimum atomic E-state index is -3.78. The third-order valence-electron chi connectivity index (χ3n) is 4.60. The fraction of sp³-hybridized carbons (Fsp3) is 0.182. The summed E-state index contributed by atoms with van der Waals surface area (Å²) < 4.78 is 28.7. The van der Waals surface area contributed by atoms with Crippen LogP contribution in [0.25, 0.3) is 22.4 Å². The molecule has 3 aromatic heterocycles. The number of primary sulfonamides is 1. The zero-order valence-electron chi connectivity index (χ0n) is 17.9. The Kier molecular flexibility index (Phi) is 6.52. The number of nitrogens with one attached hydrogen (secondary N) is 1. The van der Waals surface area contributed by atoms with Gasteiger partial charge in [-0.1, -0.05) is 11.6 Å². The summed E-state index contributed by atoms with van der Waals surface area (Å²) in [6.07, 6.45) is 1.64. The Morgan fingerprint density at radius 2 is 1.82 bits per heavy atom. The third-order valence-corrected chi connectivity index (χ3v) is 5.83. The fourth-order valence-corrected chi connectivity index (χ4v) is 3.76. The van der Waals surface area contributed by atoms with Crippen LogP contribution in [0.5, 0.6) is 0 Å². The van der Waals surface area contributed by atoms with Gasteiger partial charge in [-0.2, -0.15) is 0 Å². The van der Waals surface area contributed by atoms with Gasteiger partial charge in [0.1, 0.15) is 18.1 Å². The van der Waals surface area contributed by atoms with Gasteiger partial charge in [-0.05, 0) is 62.4 Å². The van der Waals surface area contributed by atoms with Gasteiger partial charge in [-0.25, -0.2) is 28.5 Å². The second kappa shape index (κ2) is 9.36. The molecule has 0 aliphatic rings. The van der Waals surface area contributed by atoms with Crippen LogP contribution in [0.3, 0.4) is 0 Å². The minimum Gasteiger partial charge on any atom is -0.371 e. The molecule has 0 aliphatic heterocycles. The normalized spacial score (nSPS) is 11.8. The molecule has 0 atom stereocenters. The lowest BCUT2D eigenvalue weighted by molar-refractivity contribution is 0.0615. The Hall–Kier alpha value is -3.18. The summed E-state index contributed by atoms with van der Waals surface area (Å²) in [6.45, 7) is 4.04. The first kappa shape index (κ1) is 23.0. The standard InChI is InChI=1S/C22H21ClN6O3S/c1-13(2)32-12-19-28-21(26-14-5-7-15(8-6-14)33(24,30)31)16-9-10-18(27-22(16)29-19)20-17(23)4-3-11-25-20/h3-11,13H,12H2,1-2H3,(H2,24,30,31)(H,26,27,28,29). The molecule has 1 aromatic carbocycles. The highest BCUT2D eigenvalue weighted by Gasteiger charge is 2.14. The summed E-state index contributed by atoms with van der Waals surface area (Å²) in [6, 6.07) is 13.2. The summed E-state index contributed by atoms with van der Waals surface area (Å²) in [4.78, 5) is 18.1. The molecule has 0 bridgehead atoms. The molecule has 0 fully saturated rings. The highest BCUT2D eigenvalue weighted by molar-refractivity contribution is 7.89. The van der Waals surface area contributed by atoms with Gasteiger partial charge in [-0.3, -0.25) is 4.98 Å². The highest BCUT2D eigenvalue weighted by atomic mass is 35.5. The summed E-state index contributed by atoms with van der Waals surface area (Å²) in [5.41, 5.74) is 2.18. The average molecular weight is 485 g/mol. The maximum atomic E-state index is 11.5. The van der Waals surface area contributed by atoms with Crippen molar-refractivity contribution in [1.29, 1.82) is 0 Å². The van der Waals surface area contributed by atoms with E-state index in [9.17, 15) is 8.42 Å². The van der Waals surface area contributed by atoms with E-state index in [2.05, 4.69) is 25.3 Å². The summed E-state index contributed by atoms with van der Waals surface area (Å²) in [5, 5.41) is 9.52. The molecule has 4 rings (SSSR count). The average Bonchev–Trinajstić information content (AvgIpc) is 2.77. The van der Waals surface area contributed by atoms with Gasteiger partial charge in [-0.15, -0.1) is 0 Å². The lowest BCUT2D eigenvalue weighted by Crippen LogP contribution is -2.12. The van der Waals surface area contributed by atoms with E-state index in [1.54, 1.807) is 36.5 Å². The first-order valence-electron chi connectivity index (χ1n) is 10.0. The van der Waals surface area contributed by atoms with E-state index in [0.29, 0.717) is 44.8 Å². The molecule has 0 radical (unpaired) electrons. The Bertz CT molecular complexity index is 1410. The van der Waals surface area contributed by atoms with E-state index >= 15 is 0 Å². The van der Waals surface area contributed by atoms with Crippen molar-refractivity contribution in [3.63, 3.8) is 0 Å². The molecule has 3 heterocycles. The predicted molar refractivity (Wildman–Crippen MR) is 127 cm³/mol. The van der Waals surface area contributed by atoms with Crippen LogP contribution >= 0.6 is 11.6 Å². The smallest absolute Gasteiger partial charge is 0.238 e. The van der Waals surface area contributed by atoms with Crippen molar-refractivity contribution < 1.29 is 13.2 Å². The van der Waals surface area contributed by atoms with E-state index in [0.717, 1.165) is 0 Å². The van der Waals surface area contributed by atoms with E-state index in [-0.39, 0.29) is 17.6 Å². The minimum absolute atomic E-state index is 0.00178. The van der Waals surface area contributed by atoms with Crippen LogP contribution in [-0.4, -0.2) is 34.5 Å². The van der Waals surface area contributed by atoms with Crippen molar-refractivity contribution in [1.82, 2.24) is 19.9 Å². The van der Waals surface area contributed by atoms with Crippen LogP contribution in [0.2, 0.25) is 5.02 Å². The monoisotopic (exact) mass is 484 g/mol. The Balaban J connectivity index is 1.77. The van der Waals surface area contributed by atoms with Gasteiger partial charge in [0, 0.05) is 11.9 Å². The van der Waals surface area contributed by atoms with Crippen LogP contribution in [0.4, 0.5) is 11.5 Å². The van der Waals surface area contributed by atoms with Crippen molar-refractivity contribution in [3.05, 3.63) is 65.6 Å². The number of aromatic nitrogens is 4. The largest absolute Gasteiger partial charge is 0.371 e. The molecule has 9 nitrogen and oxygen atoms in total. The van der Waals surface area contributed by atoms with Crippen molar-refractivity contribution in [2.75, 3.05) is 5.32 Å². The van der Waals surface area contributed by atoms with Crippen molar-refractivity contribution in [2.24, 2.45) is 5.14 Å². The molecule has 0 unspecified atom stereocenters. The maximum Gasteiger partial charge on any atom is 0.238 e. The van der Waals surface area contributed by atoms with Crippen molar-refractivity contribution >= 4 is 44.2 Å². The molecular weight excluding hydrogens is 464 g/mol. The van der Waals surface area contributed by atoms with Gasteiger partial charge in [0.15, 0.2) is 11.5 Å². The zero-order chi connectivity index (χ0) is 23.6. The van der Waals surface area contributed by atoms with E-state index in [1.807, 2.05) is 19.9 Å². The fourth-order valence-electron chi connectivity index (χ4n) is 3.03. The summed E-state index contributed by atoms with van der Waals surface area (Å²) in [7, 11) is -3.78. The number of hydrogen-bond acceptors (Lipinski definition) is 8. The van der Waals surface area contributed by atoms with Crippen molar-refractivity contribution in [3.8, 4) is 11.4 Å². The number of pyridine rings is 2. The number of hydrogen-bond donors (Lipinski definition) is 2. The molecule has 4 aromatic rings. The number of benzene rings is 1. The molecule has 0 saturated carbocycles. The molecule has 0 amide bonds. The molecular formula is C22H21ClN6O3S. The number of ether oxygens (including phenoxy) is 1. The van der Waals surface area contributed by atoms with Crippen LogP contribution in [0.15, 0.2) is 59.6 Å². The van der Waals surface area contributed by atoms with Gasteiger partial charge in [0.05, 0.1) is 27.1 Å². The number of rotatable bonds is 7. The number of fused-ring (bicyclic) bond motifs is 1. The number of nitrogens with two attached hydrogens (primary N) is 1. The van der Waals surface area contributed by atoms with Crippen LogP contribution in [0.1, 0.15) is 19.7 Å². The second-order valence-corrected chi connectivity index (χ2v) is 9.41. The van der Waals surface area contributed by atoms with Gasteiger partial charge >= 0.3 is 0 Å².